The molecule has 1 aromatic rings. The van der Waals surface area contributed by atoms with Crippen LogP contribution in [0.3, 0.4) is 0 Å². The van der Waals surface area contributed by atoms with Crippen LogP contribution in [0, 0.1) is 0 Å². The maximum absolute atomic E-state index is 12.0. The molecule has 8 heteroatoms. The molecule has 0 aromatic heterocycles. The number of nitrogens with one attached hydrogen (secondary N) is 2. The molecule has 0 unspecified atom stereocenters. The fraction of sp³-hybridized carbons (Fsp3) is 0.158. The topological polar surface area (TPSA) is 110 Å². The molecule has 146 valence electrons. The first-order chi connectivity index (χ1) is 12.8. The van der Waals surface area contributed by atoms with Crippen LogP contribution in [-0.2, 0) is 9.59 Å². The summed E-state index contributed by atoms with van der Waals surface area (Å²) in [6.07, 6.45) is 4.21. The molecule has 0 fully saturated rings. The fourth-order valence-electron chi connectivity index (χ4n) is 1.58. The van der Waals surface area contributed by atoms with Crippen LogP contribution < -0.4 is 22.5 Å². The Labute approximate surface area is 171 Å². The molecule has 0 aliphatic carbocycles. The van der Waals surface area contributed by atoms with Crippen molar-refractivity contribution in [1.82, 2.24) is 10.9 Å². The zero-order valence-corrected chi connectivity index (χ0v) is 17.2. The average molecular weight is 407 g/mol. The molecule has 6 N–H and O–H groups in total. The highest BCUT2D eigenvalue weighted by molar-refractivity contribution is 7.83. The van der Waals surface area contributed by atoms with E-state index in [1.807, 2.05) is 6.07 Å². The monoisotopic (exact) mass is 406 g/mol. The third kappa shape index (κ3) is 11.9. The summed E-state index contributed by atoms with van der Waals surface area (Å²) in [6.45, 7) is 7.11. The van der Waals surface area contributed by atoms with Crippen molar-refractivity contribution in [1.29, 1.82) is 0 Å². The van der Waals surface area contributed by atoms with Crippen LogP contribution in [-0.4, -0.2) is 35.4 Å². The summed E-state index contributed by atoms with van der Waals surface area (Å²) in [7, 11) is 3.31. The molecule has 0 saturated heterocycles. The van der Waals surface area contributed by atoms with E-state index in [0.717, 1.165) is 0 Å². The predicted molar refractivity (Wildman–Crippen MR) is 120 cm³/mol. The molecule has 0 amide bonds. The summed E-state index contributed by atoms with van der Waals surface area (Å²) < 4.78 is 0. The Balaban J connectivity index is 0. The number of hydrogen-bond donors (Lipinski definition) is 4. The molecule has 0 spiro atoms. The van der Waals surface area contributed by atoms with Gasteiger partial charge in [0.05, 0.1) is 16.1 Å². The van der Waals surface area contributed by atoms with Gasteiger partial charge in [-0.3, -0.25) is 32.1 Å². The van der Waals surface area contributed by atoms with Gasteiger partial charge in [0.15, 0.2) is 11.6 Å². The first kappa shape index (κ1) is 27.0. The van der Waals surface area contributed by atoms with Crippen molar-refractivity contribution < 1.29 is 9.59 Å². The van der Waals surface area contributed by atoms with Crippen molar-refractivity contribution in [2.24, 2.45) is 11.7 Å². The number of carbonyl (C=O) groups is 2. The van der Waals surface area contributed by atoms with E-state index in [1.165, 1.54) is 12.2 Å². The lowest BCUT2D eigenvalue weighted by molar-refractivity contribution is -0.119. The molecule has 0 heterocycles. The van der Waals surface area contributed by atoms with Gasteiger partial charge in [-0.25, -0.2) is 0 Å². The molecular weight excluding hydrogens is 380 g/mol. The second-order valence-electron chi connectivity index (χ2n) is 4.69. The maximum Gasteiger partial charge on any atom is 0.182 e. The number of hydrazine groups is 2. The van der Waals surface area contributed by atoms with Crippen LogP contribution in [0.25, 0.3) is 0 Å². The van der Waals surface area contributed by atoms with Crippen LogP contribution in [0.4, 0.5) is 0 Å². The molecule has 0 aliphatic rings. The molecule has 0 radical (unpaired) electrons. The van der Waals surface area contributed by atoms with E-state index in [0.29, 0.717) is 11.1 Å². The molecule has 27 heavy (non-hydrogen) atoms. The second kappa shape index (κ2) is 17.2. The summed E-state index contributed by atoms with van der Waals surface area (Å²) in [5.74, 6) is 8.34. The summed E-state index contributed by atoms with van der Waals surface area (Å²) in [6, 6.07) is 8.85. The summed E-state index contributed by atoms with van der Waals surface area (Å²) in [5, 5.41) is 0. The zero-order valence-electron chi connectivity index (χ0n) is 15.5. The lowest BCUT2D eigenvalue weighted by Gasteiger charge is -2.05. The predicted octanol–water partition coefficient (Wildman–Crippen LogP) is 1.76. The van der Waals surface area contributed by atoms with Gasteiger partial charge in [0.2, 0.25) is 0 Å². The van der Waals surface area contributed by atoms with Gasteiger partial charge in [-0.1, -0.05) is 86.2 Å². The standard InChI is InChI=1S/C17H14O2S2.2CH6N2/c1-3-8-12(4-2)16(20)14(18)11-15(19)17(21)13-9-6-5-7-10-13;2*1-3-2/h3-10H,1-2,11H2;2*3H,2H2,1H3/b12-8+;;. The van der Waals surface area contributed by atoms with E-state index >= 15 is 0 Å². The highest BCUT2D eigenvalue weighted by Crippen LogP contribution is 2.08. The van der Waals surface area contributed by atoms with Gasteiger partial charge in [0.1, 0.15) is 0 Å². The summed E-state index contributed by atoms with van der Waals surface area (Å²) in [4.78, 5) is 24.3. The zero-order chi connectivity index (χ0) is 21.2. The van der Waals surface area contributed by atoms with Crippen LogP contribution in [0.2, 0.25) is 0 Å². The van der Waals surface area contributed by atoms with E-state index in [4.69, 9.17) is 24.4 Å². The molecule has 0 aliphatic heterocycles. The van der Waals surface area contributed by atoms with Gasteiger partial charge in [0, 0.05) is 0 Å². The SMILES string of the molecule is C=C/C=C(\C=C)C(=S)C(=O)CC(=O)C(=S)c1ccccc1.CNN.CNN. The molecular formula is C19H26N4O2S2. The maximum atomic E-state index is 12.0. The van der Waals surface area contributed by atoms with E-state index < -0.39 is 11.6 Å². The lowest BCUT2D eigenvalue weighted by atomic mass is 10.0. The fourth-order valence-corrected chi connectivity index (χ4v) is 2.01. The average Bonchev–Trinajstić information content (AvgIpc) is 2.66. The minimum Gasteiger partial charge on any atom is -0.293 e. The highest BCUT2D eigenvalue weighted by atomic mass is 32.1. The van der Waals surface area contributed by atoms with E-state index in [2.05, 4.69) is 35.7 Å². The Morgan fingerprint density at radius 1 is 1.04 bits per heavy atom. The summed E-state index contributed by atoms with van der Waals surface area (Å²) in [5.41, 5.74) is 5.60. The largest absolute Gasteiger partial charge is 0.293 e. The van der Waals surface area contributed by atoms with E-state index in [9.17, 15) is 9.59 Å². The number of Topliss-reactive ketones (excluding diaryl/α,β-unsaturated/α-hetero) is 2. The van der Waals surface area contributed by atoms with Crippen LogP contribution in [0.5, 0.6) is 0 Å². The minimum absolute atomic E-state index is 0.0640. The molecule has 1 aromatic carbocycles. The molecule has 0 atom stereocenters. The lowest BCUT2D eigenvalue weighted by Crippen LogP contribution is -2.22. The van der Waals surface area contributed by atoms with Gasteiger partial charge in [-0.15, -0.1) is 0 Å². The van der Waals surface area contributed by atoms with E-state index in [1.54, 1.807) is 44.4 Å². The Bertz CT molecular complexity index is 684. The normalized spacial score (nSPS) is 9.56. The van der Waals surface area contributed by atoms with Crippen molar-refractivity contribution >= 4 is 45.7 Å². The summed E-state index contributed by atoms with van der Waals surface area (Å²) >= 11 is 10.1. The molecule has 6 nitrogen and oxygen atoms in total. The molecule has 1 rings (SSSR count). The highest BCUT2D eigenvalue weighted by Gasteiger charge is 2.19. The number of nitrogens with two attached hydrogens (primary N) is 2. The molecule has 0 bridgehead atoms. The van der Waals surface area contributed by atoms with Crippen molar-refractivity contribution in [3.05, 3.63) is 72.9 Å². The Kier molecular flexibility index (Phi) is 17.2. The Hall–Kier alpha value is -2.20. The second-order valence-corrected chi connectivity index (χ2v) is 5.50. The third-order valence-corrected chi connectivity index (χ3v) is 3.57. The first-order valence-electron chi connectivity index (χ1n) is 7.74. The van der Waals surface area contributed by atoms with Gasteiger partial charge in [0.25, 0.3) is 0 Å². The Morgan fingerprint density at radius 2 is 1.52 bits per heavy atom. The number of carbonyl (C=O) groups excluding carboxylic acids is 2. The van der Waals surface area contributed by atoms with Crippen LogP contribution in [0.15, 0.2) is 67.3 Å². The smallest absolute Gasteiger partial charge is 0.182 e. The number of rotatable bonds is 8. The van der Waals surface area contributed by atoms with Crippen molar-refractivity contribution in [2.75, 3.05) is 14.1 Å². The van der Waals surface area contributed by atoms with Crippen molar-refractivity contribution in [3.8, 4) is 0 Å². The molecule has 0 saturated carbocycles. The number of hydrogen-bond acceptors (Lipinski definition) is 8. The minimum atomic E-state index is -0.443. The van der Waals surface area contributed by atoms with Crippen LogP contribution >= 0.6 is 24.4 Å². The third-order valence-electron chi connectivity index (χ3n) is 2.64. The van der Waals surface area contributed by atoms with E-state index in [-0.39, 0.29) is 16.1 Å². The first-order valence-corrected chi connectivity index (χ1v) is 8.56. The number of ketones is 2. The van der Waals surface area contributed by atoms with Gasteiger partial charge in [-0.2, -0.15) is 0 Å². The van der Waals surface area contributed by atoms with Crippen LogP contribution in [0.1, 0.15) is 12.0 Å². The Morgan fingerprint density at radius 3 is 1.93 bits per heavy atom. The van der Waals surface area contributed by atoms with Gasteiger partial charge < -0.3 is 0 Å². The van der Waals surface area contributed by atoms with Gasteiger partial charge in [-0.05, 0) is 25.2 Å². The quantitative estimate of drug-likeness (QED) is 0.0983. The number of allylic oxidation sites excluding steroid dienone is 4. The van der Waals surface area contributed by atoms with Crippen molar-refractivity contribution in [2.45, 2.75) is 6.42 Å². The number of thiocarbonyl (C=S) groups is 2. The number of benzene rings is 1. The van der Waals surface area contributed by atoms with Crippen molar-refractivity contribution in [3.63, 3.8) is 0 Å². The van der Waals surface area contributed by atoms with Gasteiger partial charge >= 0.3 is 0 Å².